The first-order chi connectivity index (χ1) is 7.66. The Hall–Kier alpha value is -1.39. The van der Waals surface area contributed by atoms with Gasteiger partial charge in [-0.3, -0.25) is 0 Å². The molecule has 2 fully saturated rings. The van der Waals surface area contributed by atoms with Gasteiger partial charge in [-0.2, -0.15) is 0 Å². The van der Waals surface area contributed by atoms with Crippen LogP contribution >= 0.6 is 0 Å². The van der Waals surface area contributed by atoms with Gasteiger partial charge in [-0.1, -0.05) is 11.6 Å². The number of hydrogen-bond acceptors (Lipinski definition) is 3. The molecule has 86 valence electrons. The lowest BCUT2D eigenvalue weighted by molar-refractivity contribution is 0.0689. The lowest BCUT2D eigenvalue weighted by Crippen LogP contribution is -2.19. The zero-order valence-corrected chi connectivity index (χ0v) is 9.26. The Morgan fingerprint density at radius 3 is 2.75 bits per heavy atom. The van der Waals surface area contributed by atoms with Crippen molar-refractivity contribution >= 4 is 5.97 Å². The summed E-state index contributed by atoms with van der Waals surface area (Å²) in [5.74, 6) is 0.533. The van der Waals surface area contributed by atoms with Crippen LogP contribution in [-0.4, -0.2) is 26.1 Å². The minimum Gasteiger partial charge on any atom is -0.476 e. The monoisotopic (exact) mass is 221 g/mol. The SMILES string of the molecule is Cc1c(C(=O)O)nnn1C1CC2CCC1C2. The van der Waals surface area contributed by atoms with E-state index in [1.165, 1.54) is 19.3 Å². The summed E-state index contributed by atoms with van der Waals surface area (Å²) in [6, 6.07) is 0.388. The molecular weight excluding hydrogens is 206 g/mol. The van der Waals surface area contributed by atoms with E-state index in [1.807, 2.05) is 4.68 Å². The van der Waals surface area contributed by atoms with Crippen LogP contribution in [0.1, 0.15) is 47.9 Å². The van der Waals surface area contributed by atoms with Crippen LogP contribution in [0.2, 0.25) is 0 Å². The molecule has 5 heteroatoms. The maximum absolute atomic E-state index is 10.9. The molecule has 2 bridgehead atoms. The van der Waals surface area contributed by atoms with Crippen molar-refractivity contribution in [3.05, 3.63) is 11.4 Å². The highest BCUT2D eigenvalue weighted by Gasteiger charge is 2.41. The van der Waals surface area contributed by atoms with Crippen LogP contribution in [0.15, 0.2) is 0 Å². The topological polar surface area (TPSA) is 68.0 Å². The molecule has 5 nitrogen and oxygen atoms in total. The molecule has 0 amide bonds. The van der Waals surface area contributed by atoms with Gasteiger partial charge in [-0.25, -0.2) is 9.48 Å². The summed E-state index contributed by atoms with van der Waals surface area (Å²) < 4.78 is 1.84. The van der Waals surface area contributed by atoms with Crippen molar-refractivity contribution in [2.45, 2.75) is 38.6 Å². The van der Waals surface area contributed by atoms with Crippen molar-refractivity contribution in [3.8, 4) is 0 Å². The molecule has 1 aromatic heterocycles. The van der Waals surface area contributed by atoms with Gasteiger partial charge in [0.25, 0.3) is 0 Å². The van der Waals surface area contributed by atoms with Gasteiger partial charge in [0.15, 0.2) is 5.69 Å². The van der Waals surface area contributed by atoms with Gasteiger partial charge in [-0.05, 0) is 38.0 Å². The number of aromatic carboxylic acids is 1. The largest absolute Gasteiger partial charge is 0.476 e. The zero-order valence-electron chi connectivity index (χ0n) is 9.26. The van der Waals surface area contributed by atoms with Gasteiger partial charge < -0.3 is 5.11 Å². The smallest absolute Gasteiger partial charge is 0.358 e. The van der Waals surface area contributed by atoms with Crippen LogP contribution < -0.4 is 0 Å². The summed E-state index contributed by atoms with van der Waals surface area (Å²) in [6.07, 6.45) is 5.03. The highest BCUT2D eigenvalue weighted by Crippen LogP contribution is 2.50. The summed E-state index contributed by atoms with van der Waals surface area (Å²) >= 11 is 0. The molecule has 2 saturated carbocycles. The summed E-state index contributed by atoms with van der Waals surface area (Å²) in [6.45, 7) is 1.80. The normalized spacial score (nSPS) is 32.2. The van der Waals surface area contributed by atoms with Gasteiger partial charge >= 0.3 is 5.97 Å². The minimum absolute atomic E-state index is 0.0998. The molecule has 1 N–H and O–H groups in total. The highest BCUT2D eigenvalue weighted by atomic mass is 16.4. The fourth-order valence-corrected chi connectivity index (χ4v) is 3.36. The van der Waals surface area contributed by atoms with Crippen LogP contribution in [0.25, 0.3) is 0 Å². The van der Waals surface area contributed by atoms with E-state index in [0.29, 0.717) is 17.7 Å². The summed E-state index contributed by atoms with van der Waals surface area (Å²) in [5, 5.41) is 16.7. The number of fused-ring (bicyclic) bond motifs is 2. The zero-order chi connectivity index (χ0) is 11.3. The molecule has 3 rings (SSSR count). The fourth-order valence-electron chi connectivity index (χ4n) is 3.36. The van der Waals surface area contributed by atoms with Crippen LogP contribution in [0, 0.1) is 18.8 Å². The van der Waals surface area contributed by atoms with E-state index in [1.54, 1.807) is 6.92 Å². The lowest BCUT2D eigenvalue weighted by atomic mass is 9.95. The third-order valence-electron chi connectivity index (χ3n) is 4.14. The minimum atomic E-state index is -0.980. The average Bonchev–Trinajstić information content (AvgIpc) is 2.90. The summed E-state index contributed by atoms with van der Waals surface area (Å²) in [4.78, 5) is 10.9. The van der Waals surface area contributed by atoms with Crippen LogP contribution in [0.4, 0.5) is 0 Å². The quantitative estimate of drug-likeness (QED) is 0.824. The molecule has 0 aliphatic heterocycles. The Labute approximate surface area is 93.5 Å². The number of carbonyl (C=O) groups is 1. The van der Waals surface area contributed by atoms with Gasteiger partial charge in [0, 0.05) is 0 Å². The van der Waals surface area contributed by atoms with Gasteiger partial charge in [0.2, 0.25) is 0 Å². The molecule has 0 radical (unpaired) electrons. The Kier molecular flexibility index (Phi) is 2.02. The van der Waals surface area contributed by atoms with Crippen molar-refractivity contribution < 1.29 is 9.90 Å². The van der Waals surface area contributed by atoms with E-state index in [2.05, 4.69) is 10.3 Å². The van der Waals surface area contributed by atoms with E-state index < -0.39 is 5.97 Å². The Balaban J connectivity index is 1.93. The second kappa shape index (κ2) is 3.30. The maximum atomic E-state index is 10.9. The van der Waals surface area contributed by atoms with Crippen molar-refractivity contribution in [2.75, 3.05) is 0 Å². The molecule has 2 aliphatic carbocycles. The number of carboxylic acid groups (broad SMARTS) is 1. The third kappa shape index (κ3) is 1.27. The van der Waals surface area contributed by atoms with E-state index in [4.69, 9.17) is 5.11 Å². The molecule has 0 aromatic carbocycles. The van der Waals surface area contributed by atoms with E-state index >= 15 is 0 Å². The van der Waals surface area contributed by atoms with Gasteiger partial charge in [0.1, 0.15) is 0 Å². The first-order valence-corrected chi connectivity index (χ1v) is 5.82. The predicted octanol–water partition coefficient (Wildman–Crippen LogP) is 1.65. The first-order valence-electron chi connectivity index (χ1n) is 5.82. The van der Waals surface area contributed by atoms with Crippen molar-refractivity contribution in [1.82, 2.24) is 15.0 Å². The summed E-state index contributed by atoms with van der Waals surface area (Å²) in [7, 11) is 0. The Morgan fingerprint density at radius 2 is 2.25 bits per heavy atom. The number of hydrogen-bond donors (Lipinski definition) is 1. The standard InChI is InChI=1S/C11H15N3O2/c1-6-10(11(15)16)12-13-14(6)9-5-7-2-3-8(9)4-7/h7-9H,2-5H2,1H3,(H,15,16). The second-order valence-corrected chi connectivity index (χ2v) is 5.02. The molecule has 16 heavy (non-hydrogen) atoms. The molecule has 0 saturated heterocycles. The van der Waals surface area contributed by atoms with Gasteiger partial charge in [0.05, 0.1) is 11.7 Å². The molecule has 3 unspecified atom stereocenters. The van der Waals surface area contributed by atoms with E-state index in [9.17, 15) is 4.79 Å². The van der Waals surface area contributed by atoms with Gasteiger partial charge in [-0.15, -0.1) is 5.10 Å². The molecule has 2 aliphatic rings. The Bertz CT molecular complexity index is 440. The number of nitrogens with zero attached hydrogens (tertiary/aromatic N) is 3. The second-order valence-electron chi connectivity index (χ2n) is 5.02. The lowest BCUT2D eigenvalue weighted by Gasteiger charge is -2.22. The predicted molar refractivity (Wildman–Crippen MR) is 56.2 cm³/mol. The molecule has 1 aromatic rings. The van der Waals surface area contributed by atoms with Crippen LogP contribution in [-0.2, 0) is 0 Å². The third-order valence-corrected chi connectivity index (χ3v) is 4.14. The number of rotatable bonds is 2. The van der Waals surface area contributed by atoms with Crippen LogP contribution in [0.3, 0.4) is 0 Å². The summed E-state index contributed by atoms with van der Waals surface area (Å²) in [5.41, 5.74) is 0.799. The van der Waals surface area contributed by atoms with E-state index in [0.717, 1.165) is 12.3 Å². The molecular formula is C11H15N3O2. The average molecular weight is 221 g/mol. The first kappa shape index (κ1) is 9.81. The van der Waals surface area contributed by atoms with Crippen molar-refractivity contribution in [1.29, 1.82) is 0 Å². The fraction of sp³-hybridized carbons (Fsp3) is 0.727. The molecule has 0 spiro atoms. The maximum Gasteiger partial charge on any atom is 0.358 e. The molecule has 3 atom stereocenters. The number of carboxylic acids is 1. The molecule has 1 heterocycles. The van der Waals surface area contributed by atoms with Crippen molar-refractivity contribution in [2.24, 2.45) is 11.8 Å². The van der Waals surface area contributed by atoms with Crippen LogP contribution in [0.5, 0.6) is 0 Å². The van der Waals surface area contributed by atoms with Crippen molar-refractivity contribution in [3.63, 3.8) is 0 Å². The van der Waals surface area contributed by atoms with E-state index in [-0.39, 0.29) is 5.69 Å². The highest BCUT2D eigenvalue weighted by molar-refractivity contribution is 5.86. The Morgan fingerprint density at radius 1 is 1.44 bits per heavy atom. The number of aromatic nitrogens is 3.